The number of methoxy groups -OCH3 is 1. The van der Waals surface area contributed by atoms with Gasteiger partial charge in [-0.3, -0.25) is 0 Å². The Morgan fingerprint density at radius 1 is 1.58 bits per heavy atom. The van der Waals surface area contributed by atoms with E-state index in [1.54, 1.807) is 4.90 Å². The Hall–Kier alpha value is -2.05. The summed E-state index contributed by atoms with van der Waals surface area (Å²) in [5, 5.41) is 2.75. The molecule has 7 nitrogen and oxygen atoms in total. The van der Waals surface area contributed by atoms with Crippen LogP contribution < -0.4 is 5.32 Å². The zero-order chi connectivity index (χ0) is 13.8. The summed E-state index contributed by atoms with van der Waals surface area (Å²) in [5.74, 6) is -0.218. The topological polar surface area (TPSA) is 84.7 Å². The number of carbonyl (C=O) groups is 2. The van der Waals surface area contributed by atoms with Crippen LogP contribution in [-0.4, -0.2) is 41.6 Å². The summed E-state index contributed by atoms with van der Waals surface area (Å²) < 4.78 is 9.74. The van der Waals surface area contributed by atoms with Crippen LogP contribution in [0.2, 0.25) is 0 Å². The minimum Gasteiger partial charge on any atom is -0.464 e. The maximum atomic E-state index is 11.9. The third kappa shape index (κ3) is 3.24. The van der Waals surface area contributed by atoms with Crippen LogP contribution in [0.5, 0.6) is 0 Å². The summed E-state index contributed by atoms with van der Waals surface area (Å²) in [6.45, 7) is 2.69. The van der Waals surface area contributed by atoms with Crippen LogP contribution in [0, 0.1) is 0 Å². The van der Waals surface area contributed by atoms with Crippen LogP contribution >= 0.6 is 0 Å². The van der Waals surface area contributed by atoms with Gasteiger partial charge in [-0.05, 0) is 19.8 Å². The Balaban J connectivity index is 2.02. The maximum Gasteiger partial charge on any atom is 0.360 e. The molecule has 1 aliphatic rings. The molecule has 0 unspecified atom stereocenters. The van der Waals surface area contributed by atoms with Crippen molar-refractivity contribution in [1.29, 1.82) is 0 Å². The zero-order valence-electron chi connectivity index (χ0n) is 11.0. The van der Waals surface area contributed by atoms with Crippen LogP contribution in [0.15, 0.2) is 10.7 Å². The average molecular weight is 267 g/mol. The molecule has 1 aromatic rings. The Morgan fingerprint density at radius 3 is 2.89 bits per heavy atom. The second-order valence-electron chi connectivity index (χ2n) is 4.31. The number of nitrogens with zero attached hydrogens (tertiary/aromatic N) is 2. The normalized spacial score (nSPS) is 14.0. The molecule has 0 spiro atoms. The summed E-state index contributed by atoms with van der Waals surface area (Å²) in [6, 6.07) is 0.0999. The van der Waals surface area contributed by atoms with Gasteiger partial charge in [0.2, 0.25) is 5.89 Å². The van der Waals surface area contributed by atoms with Crippen molar-refractivity contribution in [1.82, 2.24) is 15.2 Å². The molecule has 0 atom stereocenters. The van der Waals surface area contributed by atoms with Gasteiger partial charge in [0.15, 0.2) is 5.69 Å². The molecular formula is C12H17N3O4. The van der Waals surface area contributed by atoms with E-state index in [1.165, 1.54) is 13.4 Å². The lowest BCUT2D eigenvalue weighted by molar-refractivity contribution is 0.0594. The number of hydrogen-bond donors (Lipinski definition) is 1. The highest BCUT2D eigenvalue weighted by Gasteiger charge is 2.33. The fourth-order valence-corrected chi connectivity index (χ4v) is 1.73. The van der Waals surface area contributed by atoms with Gasteiger partial charge in [0, 0.05) is 12.6 Å². The van der Waals surface area contributed by atoms with E-state index in [2.05, 4.69) is 15.0 Å². The van der Waals surface area contributed by atoms with E-state index in [-0.39, 0.29) is 24.3 Å². The second kappa shape index (κ2) is 5.73. The predicted octanol–water partition coefficient (Wildman–Crippen LogP) is 1.16. The number of amides is 2. The van der Waals surface area contributed by atoms with Gasteiger partial charge in [0.1, 0.15) is 6.26 Å². The van der Waals surface area contributed by atoms with Gasteiger partial charge >= 0.3 is 12.0 Å². The lowest BCUT2D eigenvalue weighted by Crippen LogP contribution is -2.40. The fraction of sp³-hybridized carbons (Fsp3) is 0.583. The number of aromatic nitrogens is 1. The van der Waals surface area contributed by atoms with E-state index < -0.39 is 5.97 Å². The third-order valence-corrected chi connectivity index (χ3v) is 2.83. The van der Waals surface area contributed by atoms with Crippen molar-refractivity contribution < 1.29 is 18.7 Å². The van der Waals surface area contributed by atoms with Gasteiger partial charge < -0.3 is 19.4 Å². The number of carbonyl (C=O) groups excluding carboxylic acids is 2. The fourth-order valence-electron chi connectivity index (χ4n) is 1.73. The molecule has 104 valence electrons. The molecule has 0 aromatic carbocycles. The highest BCUT2D eigenvalue weighted by molar-refractivity contribution is 5.86. The number of hydrogen-bond acceptors (Lipinski definition) is 5. The molecular weight excluding hydrogens is 250 g/mol. The summed E-state index contributed by atoms with van der Waals surface area (Å²) in [7, 11) is 1.28. The third-order valence-electron chi connectivity index (χ3n) is 2.83. The predicted molar refractivity (Wildman–Crippen MR) is 65.5 cm³/mol. The molecule has 2 amide bonds. The van der Waals surface area contributed by atoms with Gasteiger partial charge in [-0.15, -0.1) is 0 Å². The highest BCUT2D eigenvalue weighted by atomic mass is 16.5. The molecule has 19 heavy (non-hydrogen) atoms. The van der Waals surface area contributed by atoms with E-state index in [9.17, 15) is 9.59 Å². The molecule has 0 saturated heterocycles. The first-order valence-electron chi connectivity index (χ1n) is 6.23. The molecule has 1 fully saturated rings. The SMILES string of the molecule is CCNC(=O)N(Cc1nc(C(=O)OC)co1)C1CC1. The monoisotopic (exact) mass is 267 g/mol. The molecule has 2 rings (SSSR count). The molecule has 0 bridgehead atoms. The van der Waals surface area contributed by atoms with Crippen molar-refractivity contribution >= 4 is 12.0 Å². The van der Waals surface area contributed by atoms with Crippen molar-refractivity contribution in [2.75, 3.05) is 13.7 Å². The highest BCUT2D eigenvalue weighted by Crippen LogP contribution is 2.28. The molecule has 1 heterocycles. The lowest BCUT2D eigenvalue weighted by atomic mass is 10.4. The van der Waals surface area contributed by atoms with Crippen LogP contribution in [0.4, 0.5) is 4.79 Å². The standard InChI is InChI=1S/C12H17N3O4/c1-3-13-12(17)15(8-4-5-8)6-10-14-9(7-19-10)11(16)18-2/h7-8H,3-6H2,1-2H3,(H,13,17). The molecule has 0 radical (unpaired) electrons. The quantitative estimate of drug-likeness (QED) is 0.809. The Kier molecular flexibility index (Phi) is 4.03. The average Bonchev–Trinajstić information content (AvgIpc) is 3.14. The minimum atomic E-state index is -0.550. The summed E-state index contributed by atoms with van der Waals surface area (Å²) in [6.07, 6.45) is 3.22. The maximum absolute atomic E-state index is 11.9. The second-order valence-corrected chi connectivity index (χ2v) is 4.31. The van der Waals surface area contributed by atoms with Crippen LogP contribution in [0.1, 0.15) is 36.1 Å². The number of oxazole rings is 1. The van der Waals surface area contributed by atoms with Gasteiger partial charge in [0.25, 0.3) is 0 Å². The van der Waals surface area contributed by atoms with Crippen molar-refractivity contribution in [2.24, 2.45) is 0 Å². The molecule has 1 aromatic heterocycles. The number of ether oxygens (including phenoxy) is 1. The van der Waals surface area contributed by atoms with E-state index in [1.807, 2.05) is 6.92 Å². The van der Waals surface area contributed by atoms with Crippen molar-refractivity contribution in [3.05, 3.63) is 17.8 Å². The Morgan fingerprint density at radius 2 is 2.32 bits per heavy atom. The Labute approximate surface area is 110 Å². The van der Waals surface area contributed by atoms with Gasteiger partial charge in [0.05, 0.1) is 13.7 Å². The molecule has 0 aliphatic heterocycles. The first kappa shape index (κ1) is 13.4. The number of urea groups is 1. The first-order chi connectivity index (χ1) is 9.15. The molecule has 7 heteroatoms. The summed E-state index contributed by atoms with van der Waals surface area (Å²) >= 11 is 0. The number of rotatable bonds is 5. The summed E-state index contributed by atoms with van der Waals surface area (Å²) in [4.78, 5) is 28.8. The van der Waals surface area contributed by atoms with Crippen molar-refractivity contribution in [2.45, 2.75) is 32.4 Å². The smallest absolute Gasteiger partial charge is 0.360 e. The minimum absolute atomic E-state index is 0.115. The number of nitrogens with one attached hydrogen (secondary N) is 1. The van der Waals surface area contributed by atoms with Gasteiger partial charge in [-0.25, -0.2) is 14.6 Å². The van der Waals surface area contributed by atoms with Crippen molar-refractivity contribution in [3.63, 3.8) is 0 Å². The molecule has 1 saturated carbocycles. The molecule has 1 N–H and O–H groups in total. The largest absolute Gasteiger partial charge is 0.464 e. The number of esters is 1. The van der Waals surface area contributed by atoms with Gasteiger partial charge in [-0.1, -0.05) is 0 Å². The van der Waals surface area contributed by atoms with Crippen molar-refractivity contribution in [3.8, 4) is 0 Å². The first-order valence-corrected chi connectivity index (χ1v) is 6.23. The van der Waals surface area contributed by atoms with Crippen LogP contribution in [0.3, 0.4) is 0 Å². The van der Waals surface area contributed by atoms with Crippen LogP contribution in [-0.2, 0) is 11.3 Å². The van der Waals surface area contributed by atoms with E-state index in [0.29, 0.717) is 12.4 Å². The van der Waals surface area contributed by atoms with E-state index in [4.69, 9.17) is 4.42 Å². The summed E-state index contributed by atoms with van der Waals surface area (Å²) in [5.41, 5.74) is 0.115. The zero-order valence-corrected chi connectivity index (χ0v) is 11.0. The van der Waals surface area contributed by atoms with E-state index >= 15 is 0 Å². The lowest BCUT2D eigenvalue weighted by Gasteiger charge is -2.20. The van der Waals surface area contributed by atoms with Gasteiger partial charge in [-0.2, -0.15) is 0 Å². The van der Waals surface area contributed by atoms with Crippen LogP contribution in [0.25, 0.3) is 0 Å². The van der Waals surface area contributed by atoms with E-state index in [0.717, 1.165) is 12.8 Å². The Bertz CT molecular complexity index is 467. The molecule has 1 aliphatic carbocycles.